The van der Waals surface area contributed by atoms with Gasteiger partial charge in [0.05, 0.1) is 12.2 Å². The first-order chi connectivity index (χ1) is 9.63. The smallest absolute Gasteiger partial charge is 0.287 e. The van der Waals surface area contributed by atoms with Gasteiger partial charge in [-0.3, -0.25) is 9.89 Å². The van der Waals surface area contributed by atoms with E-state index >= 15 is 0 Å². The van der Waals surface area contributed by atoms with Crippen molar-refractivity contribution in [3.8, 4) is 0 Å². The summed E-state index contributed by atoms with van der Waals surface area (Å²) < 4.78 is 5.57. The minimum Gasteiger partial charge on any atom is -0.451 e. The van der Waals surface area contributed by atoms with Gasteiger partial charge in [0.1, 0.15) is 5.58 Å². The summed E-state index contributed by atoms with van der Waals surface area (Å²) in [6.45, 7) is 3.91. The van der Waals surface area contributed by atoms with Crippen molar-refractivity contribution in [3.63, 3.8) is 0 Å². The summed E-state index contributed by atoms with van der Waals surface area (Å²) >= 11 is 0. The highest BCUT2D eigenvalue weighted by Crippen LogP contribution is 2.21. The fourth-order valence-electron chi connectivity index (χ4n) is 2.12. The normalized spacial score (nSPS) is 12.5. The lowest BCUT2D eigenvalue weighted by Crippen LogP contribution is -2.25. The van der Waals surface area contributed by atoms with Gasteiger partial charge in [-0.15, -0.1) is 0 Å². The van der Waals surface area contributed by atoms with E-state index in [4.69, 9.17) is 4.42 Å². The second-order valence-corrected chi connectivity index (χ2v) is 4.88. The number of hydrogen-bond donors (Lipinski definition) is 2. The van der Waals surface area contributed by atoms with E-state index in [2.05, 4.69) is 15.5 Å². The molecule has 0 aliphatic carbocycles. The van der Waals surface area contributed by atoms with Gasteiger partial charge < -0.3 is 9.73 Å². The first kappa shape index (κ1) is 12.5. The number of carbonyl (C=O) groups is 1. The minimum absolute atomic E-state index is 0.129. The highest BCUT2D eigenvalue weighted by Gasteiger charge is 2.16. The molecule has 0 bridgehead atoms. The van der Waals surface area contributed by atoms with Crippen molar-refractivity contribution in [1.82, 2.24) is 15.5 Å². The average molecular weight is 269 g/mol. The topological polar surface area (TPSA) is 70.9 Å². The third-order valence-electron chi connectivity index (χ3n) is 3.26. The third-order valence-corrected chi connectivity index (χ3v) is 3.26. The molecule has 0 fully saturated rings. The Morgan fingerprint density at radius 3 is 3.00 bits per heavy atom. The zero-order chi connectivity index (χ0) is 14.1. The summed E-state index contributed by atoms with van der Waals surface area (Å²) in [5.74, 6) is 0.0912. The van der Waals surface area contributed by atoms with Gasteiger partial charge in [0, 0.05) is 17.1 Å². The largest absolute Gasteiger partial charge is 0.451 e. The fraction of sp³-hybridized carbons (Fsp3) is 0.200. The predicted molar refractivity (Wildman–Crippen MR) is 75.4 cm³/mol. The molecule has 0 aliphatic rings. The number of rotatable bonds is 3. The van der Waals surface area contributed by atoms with Crippen molar-refractivity contribution in [1.29, 1.82) is 0 Å². The number of carbonyl (C=O) groups excluding carboxylic acids is 1. The molecular weight excluding hydrogens is 254 g/mol. The number of benzene rings is 1. The Labute approximate surface area is 116 Å². The summed E-state index contributed by atoms with van der Waals surface area (Å²) in [5, 5.41) is 10.4. The Kier molecular flexibility index (Phi) is 3.02. The Morgan fingerprint density at radius 1 is 1.40 bits per heavy atom. The molecule has 3 rings (SSSR count). The number of aromatic amines is 1. The van der Waals surface area contributed by atoms with E-state index in [1.807, 2.05) is 32.0 Å². The van der Waals surface area contributed by atoms with Crippen LogP contribution in [-0.4, -0.2) is 16.1 Å². The lowest BCUT2D eigenvalue weighted by Gasteiger charge is -2.10. The monoisotopic (exact) mass is 269 g/mol. The zero-order valence-electron chi connectivity index (χ0n) is 11.3. The number of aromatic nitrogens is 2. The zero-order valence-corrected chi connectivity index (χ0v) is 11.3. The molecule has 0 radical (unpaired) electrons. The summed E-state index contributed by atoms with van der Waals surface area (Å²) in [5.41, 5.74) is 2.78. The predicted octanol–water partition coefficient (Wildman–Crippen LogP) is 2.96. The maximum atomic E-state index is 12.2. The van der Waals surface area contributed by atoms with E-state index in [-0.39, 0.29) is 11.9 Å². The van der Waals surface area contributed by atoms with E-state index in [9.17, 15) is 4.79 Å². The first-order valence-electron chi connectivity index (χ1n) is 6.43. The van der Waals surface area contributed by atoms with Gasteiger partial charge in [0.2, 0.25) is 0 Å². The third kappa shape index (κ3) is 2.30. The summed E-state index contributed by atoms with van der Waals surface area (Å²) in [6.07, 6.45) is 3.44. The number of hydrogen-bond acceptors (Lipinski definition) is 3. The van der Waals surface area contributed by atoms with Crippen molar-refractivity contribution in [2.24, 2.45) is 0 Å². The van der Waals surface area contributed by atoms with E-state index in [0.29, 0.717) is 5.76 Å². The minimum atomic E-state index is -0.229. The molecule has 102 valence electrons. The molecule has 3 aromatic rings. The maximum Gasteiger partial charge on any atom is 0.287 e. The quantitative estimate of drug-likeness (QED) is 0.768. The number of H-pyrrole nitrogens is 1. The molecule has 2 N–H and O–H groups in total. The van der Waals surface area contributed by atoms with Crippen LogP contribution in [0.1, 0.15) is 34.6 Å². The molecule has 5 heteroatoms. The van der Waals surface area contributed by atoms with Crippen molar-refractivity contribution in [2.75, 3.05) is 0 Å². The van der Waals surface area contributed by atoms with Crippen molar-refractivity contribution >= 4 is 16.9 Å². The lowest BCUT2D eigenvalue weighted by atomic mass is 10.2. The van der Waals surface area contributed by atoms with Gasteiger partial charge in [-0.05, 0) is 32.0 Å². The molecule has 1 unspecified atom stereocenters. The first-order valence-corrected chi connectivity index (χ1v) is 6.43. The number of nitrogens with one attached hydrogen (secondary N) is 2. The highest BCUT2D eigenvalue weighted by atomic mass is 16.3. The SMILES string of the molecule is Cc1ccc2oc(C(=O)NC(C)c3cn[nH]c3)cc2c1. The van der Waals surface area contributed by atoms with Gasteiger partial charge in [0.25, 0.3) is 5.91 Å². The van der Waals surface area contributed by atoms with Gasteiger partial charge in [0.15, 0.2) is 5.76 Å². The van der Waals surface area contributed by atoms with Gasteiger partial charge in [-0.1, -0.05) is 11.6 Å². The van der Waals surface area contributed by atoms with Crippen molar-refractivity contribution < 1.29 is 9.21 Å². The molecule has 2 aromatic heterocycles. The van der Waals surface area contributed by atoms with Crippen LogP contribution in [0.2, 0.25) is 0 Å². The van der Waals surface area contributed by atoms with Crippen LogP contribution in [0.25, 0.3) is 11.0 Å². The maximum absolute atomic E-state index is 12.2. The van der Waals surface area contributed by atoms with Crippen LogP contribution in [0.4, 0.5) is 0 Å². The lowest BCUT2D eigenvalue weighted by molar-refractivity contribution is 0.0914. The Hall–Kier alpha value is -2.56. The van der Waals surface area contributed by atoms with Gasteiger partial charge in [-0.25, -0.2) is 0 Å². The van der Waals surface area contributed by atoms with Crippen LogP contribution < -0.4 is 5.32 Å². The van der Waals surface area contributed by atoms with E-state index in [1.54, 1.807) is 18.5 Å². The molecule has 0 saturated carbocycles. The Balaban J connectivity index is 1.82. The molecule has 5 nitrogen and oxygen atoms in total. The Morgan fingerprint density at radius 2 is 2.25 bits per heavy atom. The molecular formula is C15H15N3O2. The standard InChI is InChI=1S/C15H15N3O2/c1-9-3-4-13-11(5-9)6-14(20-13)15(19)18-10(2)12-7-16-17-8-12/h3-8,10H,1-2H3,(H,16,17)(H,18,19). The van der Waals surface area contributed by atoms with Crippen LogP contribution in [-0.2, 0) is 0 Å². The molecule has 1 amide bonds. The van der Waals surface area contributed by atoms with E-state index in [0.717, 1.165) is 22.1 Å². The molecule has 1 aromatic carbocycles. The Bertz CT molecular complexity index is 744. The van der Waals surface area contributed by atoms with Gasteiger partial charge in [-0.2, -0.15) is 5.10 Å². The van der Waals surface area contributed by atoms with Crippen molar-refractivity contribution in [2.45, 2.75) is 19.9 Å². The average Bonchev–Trinajstić information content (AvgIpc) is 3.07. The van der Waals surface area contributed by atoms with Crippen LogP contribution in [0.15, 0.2) is 41.1 Å². The van der Waals surface area contributed by atoms with E-state index < -0.39 is 0 Å². The summed E-state index contributed by atoms with van der Waals surface area (Å²) in [6, 6.07) is 7.47. The number of amides is 1. The second kappa shape index (κ2) is 4.85. The molecule has 2 heterocycles. The van der Waals surface area contributed by atoms with Crippen LogP contribution >= 0.6 is 0 Å². The second-order valence-electron chi connectivity index (χ2n) is 4.88. The summed E-state index contributed by atoms with van der Waals surface area (Å²) in [7, 11) is 0. The van der Waals surface area contributed by atoms with Crippen LogP contribution in [0, 0.1) is 6.92 Å². The molecule has 0 spiro atoms. The van der Waals surface area contributed by atoms with E-state index in [1.165, 1.54) is 0 Å². The number of nitrogens with zero attached hydrogens (tertiary/aromatic N) is 1. The number of fused-ring (bicyclic) bond motifs is 1. The van der Waals surface area contributed by atoms with Crippen LogP contribution in [0.3, 0.4) is 0 Å². The molecule has 1 atom stereocenters. The molecule has 0 saturated heterocycles. The molecule has 0 aliphatic heterocycles. The number of furan rings is 1. The molecule has 20 heavy (non-hydrogen) atoms. The van der Waals surface area contributed by atoms with Crippen LogP contribution in [0.5, 0.6) is 0 Å². The summed E-state index contributed by atoms with van der Waals surface area (Å²) in [4.78, 5) is 12.2. The van der Waals surface area contributed by atoms with Crippen molar-refractivity contribution in [3.05, 3.63) is 53.5 Å². The van der Waals surface area contributed by atoms with Gasteiger partial charge >= 0.3 is 0 Å². The fourth-order valence-corrected chi connectivity index (χ4v) is 2.12. The highest BCUT2D eigenvalue weighted by molar-refractivity contribution is 5.96. The number of aryl methyl sites for hydroxylation is 1.